The lowest BCUT2D eigenvalue weighted by atomic mass is 10.1. The number of rotatable bonds is 4. The molecule has 0 unspecified atom stereocenters. The second-order valence-electron chi connectivity index (χ2n) is 3.68. The highest BCUT2D eigenvalue weighted by atomic mass is 19.4. The molecule has 0 aliphatic rings. The second-order valence-corrected chi connectivity index (χ2v) is 3.68. The number of nitrogen functional groups attached to an aromatic ring is 1. The van der Waals surface area contributed by atoms with Crippen molar-refractivity contribution in [1.82, 2.24) is 0 Å². The van der Waals surface area contributed by atoms with E-state index in [2.05, 4.69) is 10.1 Å². The van der Waals surface area contributed by atoms with Crippen LogP contribution in [0.3, 0.4) is 0 Å². The molecule has 0 bridgehead atoms. The highest BCUT2D eigenvalue weighted by Gasteiger charge is 2.27. The van der Waals surface area contributed by atoms with Gasteiger partial charge in [-0.3, -0.25) is 4.79 Å². The van der Waals surface area contributed by atoms with E-state index in [4.69, 9.17) is 5.73 Å². The smallest absolute Gasteiger partial charge is 0.398 e. The zero-order valence-corrected chi connectivity index (χ0v) is 9.67. The molecule has 7 heteroatoms. The van der Waals surface area contributed by atoms with Crippen molar-refractivity contribution in [3.63, 3.8) is 0 Å². The van der Waals surface area contributed by atoms with Crippen molar-refractivity contribution in [3.8, 4) is 0 Å². The Morgan fingerprint density at radius 1 is 1.44 bits per heavy atom. The number of hydrogen-bond acceptors (Lipinski definition) is 3. The van der Waals surface area contributed by atoms with Gasteiger partial charge in [0, 0.05) is 11.4 Å². The van der Waals surface area contributed by atoms with Crippen molar-refractivity contribution >= 4 is 17.3 Å². The van der Waals surface area contributed by atoms with Gasteiger partial charge in [0.05, 0.1) is 0 Å². The van der Waals surface area contributed by atoms with Crippen LogP contribution in [0.1, 0.15) is 5.56 Å². The summed E-state index contributed by atoms with van der Waals surface area (Å²) in [5.74, 6) is -0.659. The second kappa shape index (κ2) is 5.72. The highest BCUT2D eigenvalue weighted by molar-refractivity contribution is 5.93. The van der Waals surface area contributed by atoms with Crippen molar-refractivity contribution < 1.29 is 22.7 Å². The molecular weight excluding hydrogens is 249 g/mol. The van der Waals surface area contributed by atoms with Crippen molar-refractivity contribution in [2.45, 2.75) is 13.1 Å². The third-order valence-electron chi connectivity index (χ3n) is 2.15. The predicted octanol–water partition coefficient (Wildman–Crippen LogP) is 2.09. The van der Waals surface area contributed by atoms with Gasteiger partial charge in [0.2, 0.25) is 5.91 Å². The third-order valence-corrected chi connectivity index (χ3v) is 2.15. The molecule has 0 spiro atoms. The average Bonchev–Trinajstić information content (AvgIpc) is 2.23. The van der Waals surface area contributed by atoms with Crippen LogP contribution in [0, 0.1) is 6.92 Å². The molecule has 100 valence electrons. The van der Waals surface area contributed by atoms with Crippen LogP contribution in [0.4, 0.5) is 24.5 Å². The Labute approximate surface area is 102 Å². The van der Waals surface area contributed by atoms with Crippen molar-refractivity contribution in [2.24, 2.45) is 0 Å². The molecule has 0 heterocycles. The van der Waals surface area contributed by atoms with Gasteiger partial charge in [-0.1, -0.05) is 6.07 Å². The van der Waals surface area contributed by atoms with Crippen molar-refractivity contribution in [2.75, 3.05) is 24.3 Å². The Kier molecular flexibility index (Phi) is 4.55. The SMILES string of the molecule is Cc1c(N)cccc1NC(=O)COCC(F)(F)F. The molecule has 0 aliphatic carbocycles. The topological polar surface area (TPSA) is 64.3 Å². The third kappa shape index (κ3) is 4.62. The van der Waals surface area contributed by atoms with E-state index in [-0.39, 0.29) is 0 Å². The quantitative estimate of drug-likeness (QED) is 0.817. The van der Waals surface area contributed by atoms with Gasteiger partial charge in [-0.15, -0.1) is 0 Å². The molecule has 0 aromatic heterocycles. The first kappa shape index (κ1) is 14.3. The number of alkyl halides is 3. The maximum absolute atomic E-state index is 11.8. The van der Waals surface area contributed by atoms with E-state index >= 15 is 0 Å². The number of anilines is 2. The normalized spacial score (nSPS) is 11.3. The lowest BCUT2D eigenvalue weighted by Crippen LogP contribution is -2.24. The number of benzene rings is 1. The van der Waals surface area contributed by atoms with E-state index in [0.29, 0.717) is 16.9 Å². The molecule has 0 radical (unpaired) electrons. The first-order valence-electron chi connectivity index (χ1n) is 5.09. The minimum Gasteiger partial charge on any atom is -0.398 e. The zero-order valence-electron chi connectivity index (χ0n) is 9.67. The molecule has 1 aromatic rings. The molecule has 0 aliphatic heterocycles. The molecule has 0 fully saturated rings. The maximum Gasteiger partial charge on any atom is 0.411 e. The molecule has 3 N–H and O–H groups in total. The monoisotopic (exact) mass is 262 g/mol. The van der Waals surface area contributed by atoms with E-state index in [1.807, 2.05) is 0 Å². The van der Waals surface area contributed by atoms with E-state index in [1.165, 1.54) is 0 Å². The van der Waals surface area contributed by atoms with Gasteiger partial charge in [0.25, 0.3) is 0 Å². The van der Waals surface area contributed by atoms with Gasteiger partial charge in [0.1, 0.15) is 13.2 Å². The van der Waals surface area contributed by atoms with Crippen LogP contribution < -0.4 is 11.1 Å². The summed E-state index contributed by atoms with van der Waals surface area (Å²) in [6, 6.07) is 4.90. The molecule has 0 saturated carbocycles. The Morgan fingerprint density at radius 2 is 2.11 bits per heavy atom. The van der Waals surface area contributed by atoms with Gasteiger partial charge < -0.3 is 15.8 Å². The van der Waals surface area contributed by atoms with Crippen LogP contribution >= 0.6 is 0 Å². The molecule has 0 saturated heterocycles. The fourth-order valence-corrected chi connectivity index (χ4v) is 1.23. The number of ether oxygens (including phenoxy) is 1. The van der Waals surface area contributed by atoms with Gasteiger partial charge in [-0.05, 0) is 24.6 Å². The van der Waals surface area contributed by atoms with Crippen LogP contribution in [0.2, 0.25) is 0 Å². The van der Waals surface area contributed by atoms with E-state index < -0.39 is 25.3 Å². The Balaban J connectivity index is 2.48. The maximum atomic E-state index is 11.8. The number of amides is 1. The van der Waals surface area contributed by atoms with Gasteiger partial charge in [-0.2, -0.15) is 13.2 Å². The first-order valence-corrected chi connectivity index (χ1v) is 5.09. The van der Waals surface area contributed by atoms with Crippen LogP contribution in [0.5, 0.6) is 0 Å². The van der Waals surface area contributed by atoms with E-state index in [0.717, 1.165) is 0 Å². The number of hydrogen-bond donors (Lipinski definition) is 2. The molecule has 18 heavy (non-hydrogen) atoms. The fraction of sp³-hybridized carbons (Fsp3) is 0.364. The van der Waals surface area contributed by atoms with Crippen molar-refractivity contribution in [1.29, 1.82) is 0 Å². The minimum atomic E-state index is -4.44. The molecule has 1 rings (SSSR count). The fourth-order valence-electron chi connectivity index (χ4n) is 1.23. The van der Waals surface area contributed by atoms with Gasteiger partial charge >= 0.3 is 6.18 Å². The van der Waals surface area contributed by atoms with Gasteiger partial charge in [0.15, 0.2) is 0 Å². The first-order chi connectivity index (χ1) is 8.29. The molecule has 0 atom stereocenters. The van der Waals surface area contributed by atoms with Gasteiger partial charge in [-0.25, -0.2) is 0 Å². The number of nitrogens with two attached hydrogens (primary N) is 1. The number of carbonyl (C=O) groups excluding carboxylic acids is 1. The molecule has 1 amide bonds. The number of nitrogens with one attached hydrogen (secondary N) is 1. The summed E-state index contributed by atoms with van der Waals surface area (Å²) in [6.45, 7) is -0.411. The summed E-state index contributed by atoms with van der Waals surface area (Å²) in [5, 5.41) is 2.43. The number of carbonyl (C=O) groups is 1. The lowest BCUT2D eigenvalue weighted by Gasteiger charge is -2.11. The average molecular weight is 262 g/mol. The summed E-state index contributed by atoms with van der Waals surface area (Å²) in [5.41, 5.74) is 7.22. The standard InChI is InChI=1S/C11H13F3N2O2/c1-7-8(15)3-2-4-9(7)16-10(17)5-18-6-11(12,13)14/h2-4H,5-6,15H2,1H3,(H,16,17). The van der Waals surface area contributed by atoms with E-state index in [1.54, 1.807) is 25.1 Å². The summed E-state index contributed by atoms with van der Waals surface area (Å²) < 4.78 is 39.6. The molecule has 4 nitrogen and oxygen atoms in total. The van der Waals surface area contributed by atoms with Crippen LogP contribution in [0.25, 0.3) is 0 Å². The van der Waals surface area contributed by atoms with Crippen LogP contribution in [-0.2, 0) is 9.53 Å². The molecular formula is C11H13F3N2O2. The lowest BCUT2D eigenvalue weighted by molar-refractivity contribution is -0.174. The van der Waals surface area contributed by atoms with Crippen LogP contribution in [0.15, 0.2) is 18.2 Å². The molecule has 1 aromatic carbocycles. The number of halogens is 3. The Morgan fingerprint density at radius 3 is 2.72 bits per heavy atom. The van der Waals surface area contributed by atoms with E-state index in [9.17, 15) is 18.0 Å². The summed E-state index contributed by atoms with van der Waals surface area (Å²) in [4.78, 5) is 11.3. The Hall–Kier alpha value is -1.76. The predicted molar refractivity (Wildman–Crippen MR) is 61.1 cm³/mol. The van der Waals surface area contributed by atoms with Crippen LogP contribution in [-0.4, -0.2) is 25.3 Å². The largest absolute Gasteiger partial charge is 0.411 e. The highest BCUT2D eigenvalue weighted by Crippen LogP contribution is 2.20. The summed E-state index contributed by atoms with van der Waals surface area (Å²) >= 11 is 0. The summed E-state index contributed by atoms with van der Waals surface area (Å²) in [7, 11) is 0. The van der Waals surface area contributed by atoms with Crippen molar-refractivity contribution in [3.05, 3.63) is 23.8 Å². The minimum absolute atomic E-state index is 0.454. The summed E-state index contributed by atoms with van der Waals surface area (Å²) in [6.07, 6.45) is -4.44. The zero-order chi connectivity index (χ0) is 13.8. The Bertz CT molecular complexity index is 433.